The Morgan fingerprint density at radius 1 is 1.08 bits per heavy atom. The van der Waals surface area contributed by atoms with Gasteiger partial charge >= 0.3 is 6.18 Å². The van der Waals surface area contributed by atoms with Crippen LogP contribution in [0.1, 0.15) is 41.8 Å². The van der Waals surface area contributed by atoms with Crippen LogP contribution < -0.4 is 21.1 Å². The van der Waals surface area contributed by atoms with Gasteiger partial charge in [-0.1, -0.05) is 12.1 Å². The summed E-state index contributed by atoms with van der Waals surface area (Å²) in [4.78, 5) is 33.7. The van der Waals surface area contributed by atoms with E-state index in [0.717, 1.165) is 6.07 Å². The molecule has 0 aliphatic rings. The van der Waals surface area contributed by atoms with Gasteiger partial charge in [-0.2, -0.15) is 13.2 Å². The molecule has 2 heterocycles. The lowest BCUT2D eigenvalue weighted by molar-refractivity contribution is -0.141. The lowest BCUT2D eigenvalue weighted by Gasteiger charge is -2.14. The van der Waals surface area contributed by atoms with Gasteiger partial charge in [0.25, 0.3) is 5.91 Å². The summed E-state index contributed by atoms with van der Waals surface area (Å²) in [5, 5.41) is 15.1. The summed E-state index contributed by atoms with van der Waals surface area (Å²) < 4.78 is 50.8. The number of phenolic OH excluding ortho intramolecular Hbond substituents is 1. The van der Waals surface area contributed by atoms with Gasteiger partial charge in [0.1, 0.15) is 28.8 Å². The number of nitrogens with one attached hydrogen (secondary N) is 2. The first-order chi connectivity index (χ1) is 18.4. The average molecular weight is 544 g/mol. The van der Waals surface area contributed by atoms with Crippen LogP contribution >= 0.6 is 0 Å². The molecule has 4 rings (SSSR count). The highest BCUT2D eigenvalue weighted by Crippen LogP contribution is 2.37. The second-order valence-electron chi connectivity index (χ2n) is 8.63. The van der Waals surface area contributed by atoms with Crippen molar-refractivity contribution in [3.05, 3.63) is 65.7 Å². The molecule has 5 N–H and O–H groups in total. The first kappa shape index (κ1) is 27.4. The number of pyridine rings is 1. The third-order valence-corrected chi connectivity index (χ3v) is 5.75. The maximum atomic E-state index is 13.3. The topological polar surface area (TPSA) is 153 Å². The molecule has 10 nitrogen and oxygen atoms in total. The summed E-state index contributed by atoms with van der Waals surface area (Å²) in [6.07, 6.45) is -4.67. The molecule has 0 aliphatic carbocycles. The molecule has 0 unspecified atom stereocenters. The maximum Gasteiger partial charge on any atom is 0.433 e. The predicted octanol–water partition coefficient (Wildman–Crippen LogP) is 4.40. The van der Waals surface area contributed by atoms with E-state index in [9.17, 15) is 27.9 Å². The number of rotatable bonds is 7. The Morgan fingerprint density at radius 3 is 2.44 bits per heavy atom. The normalized spacial score (nSPS) is 13.1. The molecule has 2 aromatic carbocycles. The van der Waals surface area contributed by atoms with Gasteiger partial charge < -0.3 is 30.6 Å². The minimum atomic E-state index is -4.67. The number of phenols is 1. The van der Waals surface area contributed by atoms with Gasteiger partial charge in [-0.3, -0.25) is 9.59 Å². The molecule has 0 saturated carbocycles. The molecule has 204 valence electrons. The van der Waals surface area contributed by atoms with E-state index in [1.165, 1.54) is 44.4 Å². The number of ether oxygens (including phenoxy) is 1. The van der Waals surface area contributed by atoms with Crippen LogP contribution in [0.25, 0.3) is 22.4 Å². The van der Waals surface area contributed by atoms with Crippen LogP contribution in [0.3, 0.4) is 0 Å². The van der Waals surface area contributed by atoms with Crippen molar-refractivity contribution in [3.63, 3.8) is 0 Å². The summed E-state index contributed by atoms with van der Waals surface area (Å²) in [5.41, 5.74) is 5.03. The van der Waals surface area contributed by atoms with Crippen LogP contribution in [-0.2, 0) is 11.0 Å². The molecule has 39 heavy (non-hydrogen) atoms. The van der Waals surface area contributed by atoms with Crippen LogP contribution in [0.4, 0.5) is 18.9 Å². The number of aromatic nitrogens is 2. The van der Waals surface area contributed by atoms with Crippen molar-refractivity contribution in [2.75, 3.05) is 12.4 Å². The molecule has 0 bridgehead atoms. The molecule has 0 aliphatic heterocycles. The molecule has 2 atom stereocenters. The van der Waals surface area contributed by atoms with E-state index in [1.807, 2.05) is 0 Å². The van der Waals surface area contributed by atoms with Crippen molar-refractivity contribution < 1.29 is 37.0 Å². The SMILES string of the molecule is COc1ccc(-c2nc(C(=O)N[C@H](C)C(=O)Nc3ccccc3O)c([C@H](C)N)o2)c2ccc(C(F)(F)F)nc12. The highest BCUT2D eigenvalue weighted by Gasteiger charge is 2.33. The van der Waals surface area contributed by atoms with E-state index in [0.29, 0.717) is 0 Å². The fourth-order valence-electron chi connectivity index (χ4n) is 3.77. The van der Waals surface area contributed by atoms with Gasteiger partial charge in [0.05, 0.1) is 18.8 Å². The summed E-state index contributed by atoms with van der Waals surface area (Å²) in [6, 6.07) is 9.20. The number of carbonyl (C=O) groups is 2. The van der Waals surface area contributed by atoms with Gasteiger partial charge in [0, 0.05) is 10.9 Å². The number of alkyl halides is 3. The summed E-state index contributed by atoms with van der Waals surface area (Å²) in [7, 11) is 1.30. The largest absolute Gasteiger partial charge is 0.506 e. The van der Waals surface area contributed by atoms with Crippen molar-refractivity contribution in [2.45, 2.75) is 32.1 Å². The summed E-state index contributed by atoms with van der Waals surface area (Å²) in [5.74, 6) is -1.52. The summed E-state index contributed by atoms with van der Waals surface area (Å²) >= 11 is 0. The van der Waals surface area contributed by atoms with Crippen LogP contribution in [-0.4, -0.2) is 40.0 Å². The molecule has 13 heteroatoms. The zero-order valence-corrected chi connectivity index (χ0v) is 21.0. The Bertz CT molecular complexity index is 1550. The average Bonchev–Trinajstić information content (AvgIpc) is 3.34. The molecule has 0 saturated heterocycles. The van der Waals surface area contributed by atoms with Crippen molar-refractivity contribution in [1.29, 1.82) is 0 Å². The van der Waals surface area contributed by atoms with Crippen molar-refractivity contribution >= 4 is 28.4 Å². The lowest BCUT2D eigenvalue weighted by atomic mass is 10.1. The number of halogens is 3. The number of nitrogens with two attached hydrogens (primary N) is 1. The molecule has 2 aromatic heterocycles. The predicted molar refractivity (Wildman–Crippen MR) is 135 cm³/mol. The first-order valence-electron chi connectivity index (χ1n) is 11.6. The van der Waals surface area contributed by atoms with Crippen LogP contribution in [0.15, 0.2) is 52.9 Å². The second-order valence-corrected chi connectivity index (χ2v) is 8.63. The van der Waals surface area contributed by atoms with Crippen LogP contribution in [0.5, 0.6) is 11.5 Å². The van der Waals surface area contributed by atoms with E-state index in [4.69, 9.17) is 14.9 Å². The van der Waals surface area contributed by atoms with E-state index < -0.39 is 35.8 Å². The minimum Gasteiger partial charge on any atom is -0.506 e. The molecular weight excluding hydrogens is 519 g/mol. The van der Waals surface area contributed by atoms with Crippen molar-refractivity contribution in [2.24, 2.45) is 5.73 Å². The van der Waals surface area contributed by atoms with Crippen LogP contribution in [0, 0.1) is 0 Å². The zero-order chi connectivity index (χ0) is 28.5. The molecule has 0 spiro atoms. The van der Waals surface area contributed by atoms with Gasteiger partial charge in [0.15, 0.2) is 11.5 Å². The molecule has 0 fully saturated rings. The number of anilines is 1. The van der Waals surface area contributed by atoms with E-state index in [-0.39, 0.29) is 51.0 Å². The molecule has 4 aromatic rings. The lowest BCUT2D eigenvalue weighted by Crippen LogP contribution is -2.42. The second kappa shape index (κ2) is 10.6. The molecule has 0 radical (unpaired) electrons. The van der Waals surface area contributed by atoms with E-state index in [2.05, 4.69) is 20.6 Å². The Labute approximate surface area is 220 Å². The van der Waals surface area contributed by atoms with E-state index in [1.54, 1.807) is 19.1 Å². The first-order valence-corrected chi connectivity index (χ1v) is 11.6. The number of aromatic hydroxyl groups is 1. The van der Waals surface area contributed by atoms with Gasteiger partial charge in [0.2, 0.25) is 11.8 Å². The Morgan fingerprint density at radius 2 is 1.79 bits per heavy atom. The van der Waals surface area contributed by atoms with Gasteiger partial charge in [-0.25, -0.2) is 9.97 Å². The summed E-state index contributed by atoms with van der Waals surface area (Å²) in [6.45, 7) is 2.99. The minimum absolute atomic E-state index is 0.000323. The fourth-order valence-corrected chi connectivity index (χ4v) is 3.77. The third-order valence-electron chi connectivity index (χ3n) is 5.75. The zero-order valence-electron chi connectivity index (χ0n) is 21.0. The number of para-hydroxylation sites is 2. The maximum absolute atomic E-state index is 13.3. The monoisotopic (exact) mass is 543 g/mol. The number of amides is 2. The Hall–Kier alpha value is -4.65. The van der Waals surface area contributed by atoms with Crippen molar-refractivity contribution in [3.8, 4) is 23.0 Å². The van der Waals surface area contributed by atoms with Gasteiger partial charge in [-0.05, 0) is 50.2 Å². The number of carbonyl (C=O) groups excluding carboxylic acids is 2. The third kappa shape index (κ3) is 5.62. The Balaban J connectivity index is 1.67. The number of methoxy groups -OCH3 is 1. The highest BCUT2D eigenvalue weighted by molar-refractivity contribution is 6.02. The van der Waals surface area contributed by atoms with E-state index >= 15 is 0 Å². The van der Waals surface area contributed by atoms with Crippen LogP contribution in [0.2, 0.25) is 0 Å². The Kier molecular flexibility index (Phi) is 7.45. The molecule has 2 amide bonds. The number of hydrogen-bond acceptors (Lipinski definition) is 8. The fraction of sp³-hybridized carbons (Fsp3) is 0.231. The highest BCUT2D eigenvalue weighted by atomic mass is 19.4. The number of nitrogens with zero attached hydrogens (tertiary/aromatic N) is 2. The number of benzene rings is 2. The number of hydrogen-bond donors (Lipinski definition) is 4. The van der Waals surface area contributed by atoms with Crippen molar-refractivity contribution in [1.82, 2.24) is 15.3 Å². The molecular formula is C26H24F3N5O5. The number of fused-ring (bicyclic) bond motifs is 1. The smallest absolute Gasteiger partial charge is 0.433 e. The quantitative estimate of drug-likeness (QED) is 0.250. The standard InChI is InChI=1S/C26H24F3N5O5/c1-12(30)22-21(24(37)31-13(2)23(36)32-16-6-4-5-7-17(16)35)34-25(39-22)15-8-10-18(38-3)20-14(15)9-11-19(33-20)26(27,28)29/h4-13,35H,30H2,1-3H3,(H,31,37)(H,32,36)/t12-,13+/m0/s1. The number of oxazole rings is 1. The van der Waals surface area contributed by atoms with Gasteiger partial charge in [-0.15, -0.1) is 0 Å².